The largest absolute Gasteiger partial charge is 0.341 e. The summed E-state index contributed by atoms with van der Waals surface area (Å²) >= 11 is 0. The predicted molar refractivity (Wildman–Crippen MR) is 107 cm³/mol. The lowest BCUT2D eigenvalue weighted by atomic mass is 10.1. The number of benzene rings is 1. The summed E-state index contributed by atoms with van der Waals surface area (Å²) in [4.78, 5) is 31.6. The Hall–Kier alpha value is -1.88. The maximum Gasteiger partial charge on any atom is 0.240 e. The second-order valence-corrected chi connectivity index (χ2v) is 8.25. The highest BCUT2D eigenvalue weighted by atomic mass is 16.2. The van der Waals surface area contributed by atoms with Gasteiger partial charge in [-0.3, -0.25) is 14.5 Å². The number of rotatable bonds is 6. The topological polar surface area (TPSA) is 43.9 Å². The third kappa shape index (κ3) is 5.32. The molecule has 1 aromatic carbocycles. The van der Waals surface area contributed by atoms with Gasteiger partial charge >= 0.3 is 0 Å². The highest BCUT2D eigenvalue weighted by Gasteiger charge is 2.36. The molecule has 0 aromatic heterocycles. The number of nitrogens with zero attached hydrogens (tertiary/aromatic N) is 3. The molecule has 27 heavy (non-hydrogen) atoms. The van der Waals surface area contributed by atoms with Crippen LogP contribution in [-0.4, -0.2) is 65.3 Å². The second-order valence-electron chi connectivity index (χ2n) is 8.25. The standard InChI is InChI=1S/C22H33N3O2/c1-18(2)9-10-21(26)24-13-6-12-23(15-16-24)20-11-14-25(22(20)27)17-19-7-4-3-5-8-19/h3-5,7-8,18,20H,6,9-17H2,1-2H3/t20-/m1/s1. The fraction of sp³-hybridized carbons (Fsp3) is 0.636. The predicted octanol–water partition coefficient (Wildman–Crippen LogP) is 2.76. The zero-order chi connectivity index (χ0) is 19.2. The quantitative estimate of drug-likeness (QED) is 0.772. The molecule has 0 aliphatic carbocycles. The van der Waals surface area contributed by atoms with Gasteiger partial charge < -0.3 is 9.80 Å². The fourth-order valence-electron chi connectivity index (χ4n) is 4.09. The summed E-state index contributed by atoms with van der Waals surface area (Å²) in [6.45, 7) is 9.12. The van der Waals surface area contributed by atoms with E-state index in [2.05, 4.69) is 30.9 Å². The molecule has 1 aromatic rings. The Morgan fingerprint density at radius 3 is 2.59 bits per heavy atom. The van der Waals surface area contributed by atoms with E-state index in [-0.39, 0.29) is 17.9 Å². The van der Waals surface area contributed by atoms with E-state index in [1.807, 2.05) is 28.0 Å². The van der Waals surface area contributed by atoms with Crippen LogP contribution in [0.15, 0.2) is 30.3 Å². The Morgan fingerprint density at radius 2 is 1.85 bits per heavy atom. The molecule has 3 rings (SSSR count). The van der Waals surface area contributed by atoms with Crippen molar-refractivity contribution < 1.29 is 9.59 Å². The third-order valence-electron chi connectivity index (χ3n) is 5.74. The van der Waals surface area contributed by atoms with Crippen LogP contribution in [0, 0.1) is 5.92 Å². The van der Waals surface area contributed by atoms with E-state index in [0.717, 1.165) is 52.0 Å². The molecular formula is C22H33N3O2. The summed E-state index contributed by atoms with van der Waals surface area (Å²) in [5.74, 6) is 1.08. The first-order valence-corrected chi connectivity index (χ1v) is 10.4. The summed E-state index contributed by atoms with van der Waals surface area (Å²) in [5, 5.41) is 0. The number of hydrogen-bond acceptors (Lipinski definition) is 3. The van der Waals surface area contributed by atoms with Crippen LogP contribution in [0.4, 0.5) is 0 Å². The van der Waals surface area contributed by atoms with E-state index in [9.17, 15) is 9.59 Å². The van der Waals surface area contributed by atoms with Gasteiger partial charge in [0.2, 0.25) is 11.8 Å². The van der Waals surface area contributed by atoms with Gasteiger partial charge in [0.25, 0.3) is 0 Å². The fourth-order valence-corrected chi connectivity index (χ4v) is 4.09. The minimum Gasteiger partial charge on any atom is -0.341 e. The van der Waals surface area contributed by atoms with Gasteiger partial charge in [0.05, 0.1) is 6.04 Å². The molecule has 2 aliphatic heterocycles. The lowest BCUT2D eigenvalue weighted by molar-refractivity contribution is -0.132. The van der Waals surface area contributed by atoms with Crippen molar-refractivity contribution in [3.8, 4) is 0 Å². The molecule has 2 heterocycles. The molecule has 2 aliphatic rings. The molecule has 0 unspecified atom stereocenters. The van der Waals surface area contributed by atoms with Gasteiger partial charge in [0.1, 0.15) is 0 Å². The number of amides is 2. The highest BCUT2D eigenvalue weighted by Crippen LogP contribution is 2.21. The van der Waals surface area contributed by atoms with Crippen LogP contribution in [0.25, 0.3) is 0 Å². The maximum absolute atomic E-state index is 12.9. The van der Waals surface area contributed by atoms with Crippen LogP contribution in [0.3, 0.4) is 0 Å². The van der Waals surface area contributed by atoms with Crippen LogP contribution >= 0.6 is 0 Å². The Morgan fingerprint density at radius 1 is 1.07 bits per heavy atom. The van der Waals surface area contributed by atoms with Crippen molar-refractivity contribution in [1.29, 1.82) is 0 Å². The van der Waals surface area contributed by atoms with E-state index >= 15 is 0 Å². The van der Waals surface area contributed by atoms with Crippen LogP contribution < -0.4 is 0 Å². The van der Waals surface area contributed by atoms with E-state index in [4.69, 9.17) is 0 Å². The average molecular weight is 372 g/mol. The maximum atomic E-state index is 12.9. The summed E-state index contributed by atoms with van der Waals surface area (Å²) in [6.07, 6.45) is 3.45. The van der Waals surface area contributed by atoms with E-state index < -0.39 is 0 Å². The molecule has 2 saturated heterocycles. The highest BCUT2D eigenvalue weighted by molar-refractivity contribution is 5.84. The first-order valence-electron chi connectivity index (χ1n) is 10.4. The second kappa shape index (κ2) is 9.36. The molecule has 0 bridgehead atoms. The molecule has 2 fully saturated rings. The van der Waals surface area contributed by atoms with Crippen molar-refractivity contribution in [2.45, 2.75) is 52.1 Å². The number of carbonyl (C=O) groups is 2. The summed E-state index contributed by atoms with van der Waals surface area (Å²) in [5.41, 5.74) is 1.18. The lowest BCUT2D eigenvalue weighted by Gasteiger charge is -2.27. The smallest absolute Gasteiger partial charge is 0.240 e. The van der Waals surface area contributed by atoms with Crippen LogP contribution in [0.2, 0.25) is 0 Å². The molecule has 5 heteroatoms. The van der Waals surface area contributed by atoms with Crippen LogP contribution in [0.1, 0.15) is 45.1 Å². The van der Waals surface area contributed by atoms with E-state index in [0.29, 0.717) is 18.9 Å². The van der Waals surface area contributed by atoms with Crippen molar-refractivity contribution in [3.63, 3.8) is 0 Å². The Labute approximate surface area is 163 Å². The third-order valence-corrected chi connectivity index (χ3v) is 5.74. The minimum atomic E-state index is -0.0144. The molecule has 1 atom stereocenters. The van der Waals surface area contributed by atoms with Crippen molar-refractivity contribution in [2.24, 2.45) is 5.92 Å². The van der Waals surface area contributed by atoms with Gasteiger partial charge in [-0.15, -0.1) is 0 Å². The monoisotopic (exact) mass is 371 g/mol. The van der Waals surface area contributed by atoms with Crippen LogP contribution in [-0.2, 0) is 16.1 Å². The first-order chi connectivity index (χ1) is 13.0. The van der Waals surface area contributed by atoms with Gasteiger partial charge in [0, 0.05) is 45.7 Å². The van der Waals surface area contributed by atoms with E-state index in [1.165, 1.54) is 5.56 Å². The molecular weight excluding hydrogens is 338 g/mol. The zero-order valence-corrected chi connectivity index (χ0v) is 16.8. The Bertz CT molecular complexity index is 632. The molecule has 0 spiro atoms. The van der Waals surface area contributed by atoms with Crippen molar-refractivity contribution in [2.75, 3.05) is 32.7 Å². The van der Waals surface area contributed by atoms with Gasteiger partial charge in [-0.05, 0) is 30.7 Å². The molecule has 0 saturated carbocycles. The summed E-state index contributed by atoms with van der Waals surface area (Å²) < 4.78 is 0. The summed E-state index contributed by atoms with van der Waals surface area (Å²) in [6, 6.07) is 10.2. The van der Waals surface area contributed by atoms with Crippen molar-refractivity contribution >= 4 is 11.8 Å². The van der Waals surface area contributed by atoms with Crippen molar-refractivity contribution in [1.82, 2.24) is 14.7 Å². The molecule has 0 N–H and O–H groups in total. The van der Waals surface area contributed by atoms with Crippen molar-refractivity contribution in [3.05, 3.63) is 35.9 Å². The van der Waals surface area contributed by atoms with Gasteiger partial charge in [-0.1, -0.05) is 44.2 Å². The Kier molecular flexibility index (Phi) is 6.89. The van der Waals surface area contributed by atoms with Gasteiger partial charge in [-0.2, -0.15) is 0 Å². The minimum absolute atomic E-state index is 0.0144. The van der Waals surface area contributed by atoms with E-state index in [1.54, 1.807) is 0 Å². The molecule has 2 amide bonds. The van der Waals surface area contributed by atoms with Crippen LogP contribution in [0.5, 0.6) is 0 Å². The number of hydrogen-bond donors (Lipinski definition) is 0. The first kappa shape index (κ1) is 19.9. The SMILES string of the molecule is CC(C)CCC(=O)N1CCCN([C@@H]2CCN(Cc3ccccc3)C2=O)CC1. The average Bonchev–Trinajstić information content (AvgIpc) is 2.87. The van der Waals surface area contributed by atoms with Gasteiger partial charge in [-0.25, -0.2) is 0 Å². The Balaban J connectivity index is 1.52. The number of likely N-dealkylation sites (tertiary alicyclic amines) is 1. The molecule has 148 valence electrons. The number of carbonyl (C=O) groups excluding carboxylic acids is 2. The normalized spacial score (nSPS) is 21.7. The molecule has 0 radical (unpaired) electrons. The van der Waals surface area contributed by atoms with Gasteiger partial charge in [0.15, 0.2) is 0 Å². The molecule has 5 nitrogen and oxygen atoms in total. The summed E-state index contributed by atoms with van der Waals surface area (Å²) in [7, 11) is 0. The zero-order valence-electron chi connectivity index (χ0n) is 16.8. The lowest BCUT2D eigenvalue weighted by Crippen LogP contribution is -2.44.